The number of benzene rings is 1. The topological polar surface area (TPSA) is 22.1 Å². The van der Waals surface area contributed by atoms with Crippen molar-refractivity contribution in [1.29, 1.82) is 0 Å². The van der Waals surface area contributed by atoms with Crippen LogP contribution in [0, 0.1) is 5.82 Å². The Morgan fingerprint density at radius 2 is 2.11 bits per heavy atom. The number of nitrogens with zero attached hydrogens (tertiary/aromatic N) is 1. The van der Waals surface area contributed by atoms with Gasteiger partial charge in [0.15, 0.2) is 11.6 Å². The molecule has 2 nitrogen and oxygen atoms in total. The summed E-state index contributed by atoms with van der Waals surface area (Å²) in [6.45, 7) is 0.206. The molecule has 0 aliphatic heterocycles. The van der Waals surface area contributed by atoms with Crippen molar-refractivity contribution in [2.75, 3.05) is 0 Å². The predicted molar refractivity (Wildman–Crippen MR) is 72.2 cm³/mol. The molecule has 0 saturated heterocycles. The summed E-state index contributed by atoms with van der Waals surface area (Å²) in [6.07, 6.45) is 1.67. The summed E-state index contributed by atoms with van der Waals surface area (Å²) in [6, 6.07) is 8.36. The number of halogens is 3. The molecule has 94 valence electrons. The first kappa shape index (κ1) is 13.3. The minimum absolute atomic E-state index is 0.192. The number of para-hydroxylation sites is 1. The third-order valence-electron chi connectivity index (χ3n) is 2.35. The molecule has 0 saturated carbocycles. The van der Waals surface area contributed by atoms with Gasteiger partial charge in [0.05, 0.1) is 11.6 Å². The normalized spacial score (nSPS) is 10.4. The lowest BCUT2D eigenvalue weighted by Crippen LogP contribution is -2.01. The number of ether oxygens (including phenoxy) is 1. The molecule has 1 heterocycles. The van der Waals surface area contributed by atoms with E-state index in [0.29, 0.717) is 5.56 Å². The molecular formula is C13H10BrClFNO. The van der Waals surface area contributed by atoms with Crippen molar-refractivity contribution in [3.63, 3.8) is 0 Å². The van der Waals surface area contributed by atoms with E-state index in [1.807, 2.05) is 12.1 Å². The van der Waals surface area contributed by atoms with Crippen LogP contribution >= 0.6 is 27.5 Å². The minimum atomic E-state index is -0.412. The zero-order valence-corrected chi connectivity index (χ0v) is 11.7. The van der Waals surface area contributed by atoms with Gasteiger partial charge in [-0.3, -0.25) is 4.98 Å². The van der Waals surface area contributed by atoms with Gasteiger partial charge < -0.3 is 4.74 Å². The summed E-state index contributed by atoms with van der Waals surface area (Å²) in [5.41, 5.74) is 1.36. The Morgan fingerprint density at radius 3 is 2.78 bits per heavy atom. The number of hydrogen-bond donors (Lipinski definition) is 0. The fourth-order valence-electron chi connectivity index (χ4n) is 1.46. The van der Waals surface area contributed by atoms with Gasteiger partial charge in [-0.15, -0.1) is 11.6 Å². The fraction of sp³-hybridized carbons (Fsp3) is 0.154. The quantitative estimate of drug-likeness (QED) is 0.780. The van der Waals surface area contributed by atoms with Gasteiger partial charge in [-0.05, 0) is 34.1 Å². The molecule has 0 fully saturated rings. The van der Waals surface area contributed by atoms with Crippen LogP contribution in [0.2, 0.25) is 0 Å². The second kappa shape index (κ2) is 6.16. The Morgan fingerprint density at radius 1 is 1.28 bits per heavy atom. The highest BCUT2D eigenvalue weighted by Crippen LogP contribution is 2.25. The molecular weight excluding hydrogens is 321 g/mol. The second-order valence-corrected chi connectivity index (χ2v) is 4.80. The van der Waals surface area contributed by atoms with Crippen LogP contribution in [0.4, 0.5) is 4.39 Å². The van der Waals surface area contributed by atoms with E-state index in [2.05, 4.69) is 20.9 Å². The van der Waals surface area contributed by atoms with Gasteiger partial charge in [0.2, 0.25) is 0 Å². The lowest BCUT2D eigenvalue weighted by atomic mass is 10.2. The summed E-state index contributed by atoms with van der Waals surface area (Å²) in [5, 5.41) is 0. The standard InChI is InChI=1S/C13H10BrClFNO/c14-10-4-5-11(17-7-10)8-18-13-9(6-15)2-1-3-12(13)16/h1-5,7H,6,8H2. The molecule has 0 unspecified atom stereocenters. The summed E-state index contributed by atoms with van der Waals surface area (Å²) in [5.74, 6) is -0.0107. The molecule has 0 aliphatic rings. The van der Waals surface area contributed by atoms with Crippen LogP contribution in [0.5, 0.6) is 5.75 Å². The first-order valence-electron chi connectivity index (χ1n) is 5.27. The molecule has 0 spiro atoms. The van der Waals surface area contributed by atoms with Crippen molar-refractivity contribution >= 4 is 27.5 Å². The minimum Gasteiger partial charge on any atom is -0.484 e. The third-order valence-corrected chi connectivity index (χ3v) is 3.10. The van der Waals surface area contributed by atoms with Crippen molar-refractivity contribution in [1.82, 2.24) is 4.98 Å². The van der Waals surface area contributed by atoms with Crippen LogP contribution in [0.1, 0.15) is 11.3 Å². The third kappa shape index (κ3) is 3.21. The van der Waals surface area contributed by atoms with Crippen LogP contribution < -0.4 is 4.74 Å². The van der Waals surface area contributed by atoms with Crippen LogP contribution in [0.15, 0.2) is 41.0 Å². The molecule has 2 aromatic rings. The monoisotopic (exact) mass is 329 g/mol. The fourth-order valence-corrected chi connectivity index (χ4v) is 1.90. The second-order valence-electron chi connectivity index (χ2n) is 3.62. The van der Waals surface area contributed by atoms with E-state index < -0.39 is 5.82 Å². The first-order chi connectivity index (χ1) is 8.70. The van der Waals surface area contributed by atoms with Gasteiger partial charge in [-0.2, -0.15) is 0 Å². The van der Waals surface area contributed by atoms with Crippen LogP contribution in [0.3, 0.4) is 0 Å². The van der Waals surface area contributed by atoms with E-state index in [1.165, 1.54) is 6.07 Å². The first-order valence-corrected chi connectivity index (χ1v) is 6.60. The maximum Gasteiger partial charge on any atom is 0.165 e. The molecule has 0 amide bonds. The highest BCUT2D eigenvalue weighted by atomic mass is 79.9. The highest BCUT2D eigenvalue weighted by Gasteiger charge is 2.09. The molecule has 0 N–H and O–H groups in total. The van der Waals surface area contributed by atoms with Gasteiger partial charge in [0, 0.05) is 16.2 Å². The highest BCUT2D eigenvalue weighted by molar-refractivity contribution is 9.10. The molecule has 2 rings (SSSR count). The molecule has 1 aromatic heterocycles. The van der Waals surface area contributed by atoms with Crippen molar-refractivity contribution in [3.05, 3.63) is 58.1 Å². The molecule has 1 aromatic carbocycles. The van der Waals surface area contributed by atoms with E-state index in [-0.39, 0.29) is 18.2 Å². The van der Waals surface area contributed by atoms with Crippen LogP contribution in [0.25, 0.3) is 0 Å². The van der Waals surface area contributed by atoms with E-state index in [0.717, 1.165) is 10.2 Å². The molecule has 0 atom stereocenters. The number of rotatable bonds is 4. The Kier molecular flexibility index (Phi) is 4.55. The molecule has 0 radical (unpaired) electrons. The maximum absolute atomic E-state index is 13.6. The van der Waals surface area contributed by atoms with Gasteiger partial charge in [0.25, 0.3) is 0 Å². The summed E-state index contributed by atoms with van der Waals surface area (Å²) in [4.78, 5) is 4.15. The van der Waals surface area contributed by atoms with E-state index in [9.17, 15) is 4.39 Å². The lowest BCUT2D eigenvalue weighted by Gasteiger charge is -2.10. The average Bonchev–Trinajstić information content (AvgIpc) is 2.39. The lowest BCUT2D eigenvalue weighted by molar-refractivity contribution is 0.283. The number of alkyl halides is 1. The van der Waals surface area contributed by atoms with Gasteiger partial charge >= 0.3 is 0 Å². The van der Waals surface area contributed by atoms with Crippen molar-refractivity contribution in [2.45, 2.75) is 12.5 Å². The van der Waals surface area contributed by atoms with Crippen molar-refractivity contribution < 1.29 is 9.13 Å². The Bertz CT molecular complexity index is 533. The zero-order valence-electron chi connectivity index (χ0n) is 9.37. The van der Waals surface area contributed by atoms with Crippen molar-refractivity contribution in [2.24, 2.45) is 0 Å². The smallest absolute Gasteiger partial charge is 0.165 e. The summed E-state index contributed by atoms with van der Waals surface area (Å²) < 4.78 is 19.9. The Balaban J connectivity index is 2.12. The SMILES string of the molecule is Fc1cccc(CCl)c1OCc1ccc(Br)cn1. The predicted octanol–water partition coefficient (Wildman–Crippen LogP) is 4.30. The van der Waals surface area contributed by atoms with E-state index in [4.69, 9.17) is 16.3 Å². The number of aromatic nitrogens is 1. The molecule has 5 heteroatoms. The average molecular weight is 331 g/mol. The van der Waals surface area contributed by atoms with E-state index >= 15 is 0 Å². The number of pyridine rings is 1. The Hall–Kier alpha value is -1.13. The number of hydrogen-bond acceptors (Lipinski definition) is 2. The van der Waals surface area contributed by atoms with E-state index in [1.54, 1.807) is 18.3 Å². The summed E-state index contributed by atoms with van der Waals surface area (Å²) in [7, 11) is 0. The van der Waals surface area contributed by atoms with Crippen LogP contribution in [-0.2, 0) is 12.5 Å². The van der Waals surface area contributed by atoms with Gasteiger partial charge in [0.1, 0.15) is 6.61 Å². The molecule has 0 bridgehead atoms. The van der Waals surface area contributed by atoms with Gasteiger partial charge in [-0.25, -0.2) is 4.39 Å². The Labute approximate surface area is 118 Å². The molecule has 18 heavy (non-hydrogen) atoms. The molecule has 0 aliphatic carbocycles. The van der Waals surface area contributed by atoms with Crippen molar-refractivity contribution in [3.8, 4) is 5.75 Å². The van der Waals surface area contributed by atoms with Gasteiger partial charge in [-0.1, -0.05) is 12.1 Å². The zero-order chi connectivity index (χ0) is 13.0. The largest absolute Gasteiger partial charge is 0.484 e. The van der Waals surface area contributed by atoms with Crippen LogP contribution in [-0.4, -0.2) is 4.98 Å². The summed E-state index contributed by atoms with van der Waals surface area (Å²) >= 11 is 9.03. The maximum atomic E-state index is 13.6.